The van der Waals surface area contributed by atoms with Gasteiger partial charge in [0.05, 0.1) is 24.5 Å². The minimum Gasteiger partial charge on any atom is -0.486 e. The molecule has 3 aromatic rings. The number of anilines is 1. The SMILES string of the molecule is CCOC(=O)c1sc(NC(=O)CSc2nnc(COc3ccc(C)cc3)n2C)c(C(=O)OCC)c1C. The summed E-state index contributed by atoms with van der Waals surface area (Å²) in [5, 5.41) is 11.8. The largest absolute Gasteiger partial charge is 0.486 e. The van der Waals surface area contributed by atoms with Gasteiger partial charge in [0.15, 0.2) is 11.0 Å². The van der Waals surface area contributed by atoms with Crippen LogP contribution in [0.5, 0.6) is 5.75 Å². The fourth-order valence-electron chi connectivity index (χ4n) is 3.11. The molecular weight excluding hydrogens is 504 g/mol. The monoisotopic (exact) mass is 532 g/mol. The second-order valence-electron chi connectivity index (χ2n) is 7.60. The molecule has 10 nitrogen and oxygen atoms in total. The van der Waals surface area contributed by atoms with Crippen molar-refractivity contribution in [3.63, 3.8) is 0 Å². The Bertz CT molecular complexity index is 1240. The standard InChI is InChI=1S/C24H28N4O6S2/c1-6-32-22(30)19-15(4)20(23(31)33-7-2)36-21(19)25-18(29)13-35-24-27-26-17(28(24)5)12-34-16-10-8-14(3)9-11-16/h8-11H,6-7,12-13H2,1-5H3,(H,25,29). The van der Waals surface area contributed by atoms with E-state index in [0.29, 0.717) is 16.5 Å². The zero-order chi connectivity index (χ0) is 26.2. The number of amides is 1. The first kappa shape index (κ1) is 27.2. The number of hydrogen-bond acceptors (Lipinski definition) is 10. The average molecular weight is 533 g/mol. The third kappa shape index (κ3) is 6.64. The van der Waals surface area contributed by atoms with Crippen LogP contribution in [0.25, 0.3) is 0 Å². The van der Waals surface area contributed by atoms with Gasteiger partial charge in [0.25, 0.3) is 0 Å². The van der Waals surface area contributed by atoms with Crippen LogP contribution in [-0.2, 0) is 27.9 Å². The number of carbonyl (C=O) groups excluding carboxylic acids is 3. The first-order valence-corrected chi connectivity index (χ1v) is 13.0. The summed E-state index contributed by atoms with van der Waals surface area (Å²) in [4.78, 5) is 37.8. The van der Waals surface area contributed by atoms with Crippen LogP contribution in [0, 0.1) is 13.8 Å². The predicted molar refractivity (Wildman–Crippen MR) is 137 cm³/mol. The van der Waals surface area contributed by atoms with E-state index in [2.05, 4.69) is 15.5 Å². The molecule has 0 aliphatic carbocycles. The van der Waals surface area contributed by atoms with Crippen molar-refractivity contribution in [2.24, 2.45) is 7.05 Å². The lowest BCUT2D eigenvalue weighted by atomic mass is 10.1. The van der Waals surface area contributed by atoms with Gasteiger partial charge in [-0.05, 0) is 45.4 Å². The van der Waals surface area contributed by atoms with E-state index in [4.69, 9.17) is 14.2 Å². The summed E-state index contributed by atoms with van der Waals surface area (Å²) in [5.74, 6) is -0.198. The summed E-state index contributed by atoms with van der Waals surface area (Å²) in [5.41, 5.74) is 1.70. The van der Waals surface area contributed by atoms with Gasteiger partial charge in [0, 0.05) is 7.05 Å². The van der Waals surface area contributed by atoms with Gasteiger partial charge < -0.3 is 24.1 Å². The number of benzene rings is 1. The van der Waals surface area contributed by atoms with Crippen molar-refractivity contribution in [3.05, 3.63) is 51.7 Å². The number of esters is 2. The molecule has 0 radical (unpaired) electrons. The van der Waals surface area contributed by atoms with Crippen molar-refractivity contribution in [1.82, 2.24) is 14.8 Å². The third-order valence-electron chi connectivity index (χ3n) is 4.99. The molecule has 1 amide bonds. The quantitative estimate of drug-likeness (QED) is 0.287. The van der Waals surface area contributed by atoms with Gasteiger partial charge in [-0.15, -0.1) is 21.5 Å². The molecule has 0 saturated carbocycles. The Hall–Kier alpha value is -3.38. The number of aryl methyl sites for hydroxylation is 1. The van der Waals surface area contributed by atoms with Crippen LogP contribution in [0.3, 0.4) is 0 Å². The van der Waals surface area contributed by atoms with Crippen molar-refractivity contribution in [2.45, 2.75) is 39.5 Å². The van der Waals surface area contributed by atoms with E-state index in [-0.39, 0.29) is 46.9 Å². The zero-order valence-corrected chi connectivity index (χ0v) is 22.4. The highest BCUT2D eigenvalue weighted by atomic mass is 32.2. The third-order valence-corrected chi connectivity index (χ3v) is 7.19. The molecule has 3 rings (SSSR count). The van der Waals surface area contributed by atoms with Gasteiger partial charge in [-0.2, -0.15) is 0 Å². The van der Waals surface area contributed by atoms with Crippen molar-refractivity contribution >= 4 is 45.9 Å². The first-order chi connectivity index (χ1) is 17.2. The molecule has 0 saturated heterocycles. The summed E-state index contributed by atoms with van der Waals surface area (Å²) in [6, 6.07) is 7.69. The number of nitrogens with zero attached hydrogens (tertiary/aromatic N) is 3. The molecule has 1 N–H and O–H groups in total. The number of aromatic nitrogens is 3. The van der Waals surface area contributed by atoms with Gasteiger partial charge in [-0.3, -0.25) is 4.79 Å². The minimum atomic E-state index is -0.615. The van der Waals surface area contributed by atoms with Gasteiger partial charge in [-0.1, -0.05) is 29.5 Å². The van der Waals surface area contributed by atoms with Crippen LogP contribution >= 0.6 is 23.1 Å². The molecule has 0 aliphatic heterocycles. The van der Waals surface area contributed by atoms with E-state index in [1.54, 1.807) is 32.4 Å². The molecule has 0 spiro atoms. The van der Waals surface area contributed by atoms with Crippen LogP contribution in [0.2, 0.25) is 0 Å². The molecule has 0 aliphatic rings. The second kappa shape index (κ2) is 12.5. The minimum absolute atomic E-state index is 0.0126. The zero-order valence-electron chi connectivity index (χ0n) is 20.7. The molecule has 2 heterocycles. The number of nitrogens with one attached hydrogen (secondary N) is 1. The van der Waals surface area contributed by atoms with E-state index in [1.807, 2.05) is 31.2 Å². The predicted octanol–water partition coefficient (Wildman–Crippen LogP) is 4.16. The summed E-state index contributed by atoms with van der Waals surface area (Å²) < 4.78 is 17.7. The Morgan fingerprint density at radius 3 is 2.36 bits per heavy atom. The van der Waals surface area contributed by atoms with E-state index >= 15 is 0 Å². The average Bonchev–Trinajstić information content (AvgIpc) is 3.36. The lowest BCUT2D eigenvalue weighted by Gasteiger charge is -2.08. The highest BCUT2D eigenvalue weighted by molar-refractivity contribution is 7.99. The van der Waals surface area contributed by atoms with Crippen molar-refractivity contribution < 1.29 is 28.6 Å². The molecule has 0 unspecified atom stereocenters. The first-order valence-electron chi connectivity index (χ1n) is 11.2. The summed E-state index contributed by atoms with van der Waals surface area (Å²) in [6.07, 6.45) is 0. The number of ether oxygens (including phenoxy) is 3. The van der Waals surface area contributed by atoms with Crippen molar-refractivity contribution in [2.75, 3.05) is 24.3 Å². The lowest BCUT2D eigenvalue weighted by molar-refractivity contribution is -0.113. The van der Waals surface area contributed by atoms with E-state index in [9.17, 15) is 14.4 Å². The molecule has 1 aromatic carbocycles. The Kier molecular flexibility index (Phi) is 9.48. The maximum absolute atomic E-state index is 12.7. The van der Waals surface area contributed by atoms with Crippen LogP contribution in [0.15, 0.2) is 29.4 Å². The molecule has 2 aromatic heterocycles. The second-order valence-corrected chi connectivity index (χ2v) is 9.56. The molecule has 0 bridgehead atoms. The summed E-state index contributed by atoms with van der Waals surface area (Å²) >= 11 is 2.17. The molecule has 0 atom stereocenters. The van der Waals surface area contributed by atoms with E-state index in [1.165, 1.54) is 11.8 Å². The maximum atomic E-state index is 12.7. The normalized spacial score (nSPS) is 10.7. The molecule has 192 valence electrons. The fraction of sp³-hybridized carbons (Fsp3) is 0.375. The number of hydrogen-bond donors (Lipinski definition) is 1. The maximum Gasteiger partial charge on any atom is 0.348 e. The van der Waals surface area contributed by atoms with Crippen LogP contribution in [-0.4, -0.2) is 51.6 Å². The lowest BCUT2D eigenvalue weighted by Crippen LogP contribution is -2.17. The van der Waals surface area contributed by atoms with E-state index in [0.717, 1.165) is 22.6 Å². The smallest absolute Gasteiger partial charge is 0.348 e. The van der Waals surface area contributed by atoms with Gasteiger partial charge in [-0.25, -0.2) is 9.59 Å². The van der Waals surface area contributed by atoms with Gasteiger partial charge in [0.1, 0.15) is 22.2 Å². The van der Waals surface area contributed by atoms with Gasteiger partial charge >= 0.3 is 11.9 Å². The highest BCUT2D eigenvalue weighted by Crippen LogP contribution is 2.34. The Morgan fingerprint density at radius 1 is 1.03 bits per heavy atom. The number of carbonyl (C=O) groups is 3. The van der Waals surface area contributed by atoms with Crippen molar-refractivity contribution in [3.8, 4) is 5.75 Å². The van der Waals surface area contributed by atoms with Gasteiger partial charge in [0.2, 0.25) is 5.91 Å². The Labute approximate surface area is 217 Å². The van der Waals surface area contributed by atoms with Crippen LogP contribution < -0.4 is 10.1 Å². The highest BCUT2D eigenvalue weighted by Gasteiger charge is 2.27. The molecular formula is C24H28N4O6S2. The number of thiophene rings is 1. The molecule has 12 heteroatoms. The topological polar surface area (TPSA) is 122 Å². The Balaban J connectivity index is 1.65. The summed E-state index contributed by atoms with van der Waals surface area (Å²) in [7, 11) is 1.79. The van der Waals surface area contributed by atoms with Crippen LogP contribution in [0.1, 0.15) is 50.8 Å². The molecule has 0 fully saturated rings. The van der Waals surface area contributed by atoms with E-state index < -0.39 is 11.9 Å². The fourth-order valence-corrected chi connectivity index (χ4v) is 4.95. The van der Waals surface area contributed by atoms with Crippen molar-refractivity contribution in [1.29, 1.82) is 0 Å². The number of thioether (sulfide) groups is 1. The van der Waals surface area contributed by atoms with Crippen LogP contribution in [0.4, 0.5) is 5.00 Å². The Morgan fingerprint density at radius 2 is 1.69 bits per heavy atom. The molecule has 36 heavy (non-hydrogen) atoms. The number of rotatable bonds is 11. The summed E-state index contributed by atoms with van der Waals surface area (Å²) in [6.45, 7) is 7.59.